The Morgan fingerprint density at radius 1 is 1.28 bits per heavy atom. The molecule has 1 aliphatic rings. The van der Waals surface area contributed by atoms with E-state index in [1.54, 1.807) is 45.2 Å². The van der Waals surface area contributed by atoms with Crippen LogP contribution in [0, 0.1) is 0 Å². The second kappa shape index (κ2) is 8.17. The van der Waals surface area contributed by atoms with Gasteiger partial charge in [-0.1, -0.05) is 0 Å². The van der Waals surface area contributed by atoms with Gasteiger partial charge in [-0.15, -0.1) is 0 Å². The smallest absolute Gasteiger partial charge is 0.325 e. The molecular formula is C17H24N2O6. The summed E-state index contributed by atoms with van der Waals surface area (Å²) in [5.74, 6) is -0.973. The first-order valence-electron chi connectivity index (χ1n) is 7.91. The van der Waals surface area contributed by atoms with Crippen LogP contribution in [0.1, 0.15) is 13.8 Å². The molecule has 2 rings (SSSR count). The number of anilines is 1. The lowest BCUT2D eigenvalue weighted by molar-refractivity contribution is -0.146. The molecule has 8 heteroatoms. The average molecular weight is 352 g/mol. The van der Waals surface area contributed by atoms with Crippen molar-refractivity contribution in [1.82, 2.24) is 5.32 Å². The molecule has 1 unspecified atom stereocenters. The first-order valence-corrected chi connectivity index (χ1v) is 7.91. The summed E-state index contributed by atoms with van der Waals surface area (Å²) in [4.78, 5) is 23.8. The van der Waals surface area contributed by atoms with Crippen LogP contribution in [0.4, 0.5) is 5.69 Å². The van der Waals surface area contributed by atoms with E-state index in [2.05, 4.69) is 15.4 Å². The molecule has 0 aliphatic carbocycles. The van der Waals surface area contributed by atoms with Crippen molar-refractivity contribution in [2.45, 2.75) is 31.8 Å². The maximum Gasteiger partial charge on any atom is 0.325 e. The van der Waals surface area contributed by atoms with Gasteiger partial charge >= 0.3 is 5.97 Å². The highest BCUT2D eigenvalue weighted by Crippen LogP contribution is 2.26. The fourth-order valence-electron chi connectivity index (χ4n) is 2.42. The Morgan fingerprint density at radius 3 is 2.48 bits per heavy atom. The van der Waals surface area contributed by atoms with E-state index in [9.17, 15) is 9.59 Å². The maximum absolute atomic E-state index is 12.5. The highest BCUT2D eigenvalue weighted by molar-refractivity contribution is 5.88. The van der Waals surface area contributed by atoms with Crippen LogP contribution in [0.25, 0.3) is 0 Å². The molecule has 8 nitrogen and oxygen atoms in total. The highest BCUT2D eigenvalue weighted by atomic mass is 16.7. The summed E-state index contributed by atoms with van der Waals surface area (Å²) < 4.78 is 21.0. The largest absolute Gasteiger partial charge is 0.497 e. The summed E-state index contributed by atoms with van der Waals surface area (Å²) in [5.41, 5.74) is 0.715. The van der Waals surface area contributed by atoms with E-state index in [0.717, 1.165) is 0 Å². The molecule has 0 radical (unpaired) electrons. The summed E-state index contributed by atoms with van der Waals surface area (Å²) in [6.45, 7) is 3.60. The molecule has 0 spiro atoms. The molecule has 25 heavy (non-hydrogen) atoms. The second-order valence-corrected chi connectivity index (χ2v) is 6.01. The number of rotatable bonds is 7. The maximum atomic E-state index is 12.5. The fourth-order valence-corrected chi connectivity index (χ4v) is 2.42. The Kier molecular flexibility index (Phi) is 6.22. The summed E-state index contributed by atoms with van der Waals surface area (Å²) in [6.07, 6.45) is -0.505. The van der Waals surface area contributed by atoms with Crippen molar-refractivity contribution in [3.63, 3.8) is 0 Å². The van der Waals surface area contributed by atoms with Crippen molar-refractivity contribution >= 4 is 17.6 Å². The Balaban J connectivity index is 2.10. The molecule has 0 bridgehead atoms. The molecule has 2 N–H and O–H groups in total. The first-order chi connectivity index (χ1) is 11.8. The molecule has 2 atom stereocenters. The fraction of sp³-hybridized carbons (Fsp3) is 0.529. The van der Waals surface area contributed by atoms with E-state index in [4.69, 9.17) is 14.2 Å². The number of carbonyl (C=O) groups is 2. The Bertz CT molecular complexity index is 602. The van der Waals surface area contributed by atoms with Crippen molar-refractivity contribution in [2.75, 3.05) is 32.7 Å². The highest BCUT2D eigenvalue weighted by Gasteiger charge is 2.40. The average Bonchev–Trinajstić information content (AvgIpc) is 2.97. The van der Waals surface area contributed by atoms with Gasteiger partial charge in [0.2, 0.25) is 5.91 Å². The van der Waals surface area contributed by atoms with Gasteiger partial charge in [-0.3, -0.25) is 9.59 Å². The number of hydrogen-bond donors (Lipinski definition) is 2. The predicted molar refractivity (Wildman–Crippen MR) is 90.3 cm³/mol. The van der Waals surface area contributed by atoms with Crippen molar-refractivity contribution in [1.29, 1.82) is 0 Å². The lowest BCUT2D eigenvalue weighted by Crippen LogP contribution is -2.49. The molecule has 0 saturated carbocycles. The standard InChI is InChI=1S/C17H24N2O6/c1-17(2)24-10-13(25-17)15(16(21)18-9-14(20)23-4)19-11-5-7-12(22-3)8-6-11/h5-8,13,15,19H,9-10H2,1-4H3,(H,18,21)/t13?,15-/m0/s1. The molecule has 1 saturated heterocycles. The van der Waals surface area contributed by atoms with Crippen LogP contribution in [0.15, 0.2) is 24.3 Å². The van der Waals surface area contributed by atoms with Crippen molar-refractivity contribution in [3.8, 4) is 5.75 Å². The van der Waals surface area contributed by atoms with Crippen LogP contribution < -0.4 is 15.4 Å². The van der Waals surface area contributed by atoms with Crippen molar-refractivity contribution in [2.24, 2.45) is 0 Å². The Morgan fingerprint density at radius 2 is 1.96 bits per heavy atom. The number of methoxy groups -OCH3 is 2. The van der Waals surface area contributed by atoms with Crippen LogP contribution in [-0.2, 0) is 23.8 Å². The molecule has 138 valence electrons. The number of hydrogen-bond acceptors (Lipinski definition) is 7. The van der Waals surface area contributed by atoms with E-state index in [-0.39, 0.29) is 19.1 Å². The predicted octanol–water partition coefficient (Wildman–Crippen LogP) is 0.916. The van der Waals surface area contributed by atoms with E-state index in [1.165, 1.54) is 7.11 Å². The normalized spacial score (nSPS) is 19.8. The zero-order chi connectivity index (χ0) is 18.4. The molecule has 1 aromatic rings. The third-order valence-corrected chi connectivity index (χ3v) is 3.73. The summed E-state index contributed by atoms with van der Waals surface area (Å²) in [6, 6.07) is 6.41. The molecule has 1 heterocycles. The molecule has 1 amide bonds. The van der Waals surface area contributed by atoms with Crippen LogP contribution in [-0.4, -0.2) is 57.2 Å². The van der Waals surface area contributed by atoms with Gasteiger partial charge in [0.25, 0.3) is 0 Å². The minimum Gasteiger partial charge on any atom is -0.497 e. The minimum absolute atomic E-state index is 0.215. The van der Waals surface area contributed by atoms with Gasteiger partial charge in [-0.2, -0.15) is 0 Å². The lowest BCUT2D eigenvalue weighted by Gasteiger charge is -2.25. The van der Waals surface area contributed by atoms with Gasteiger partial charge in [-0.25, -0.2) is 0 Å². The molecular weight excluding hydrogens is 328 g/mol. The molecule has 0 aromatic heterocycles. The number of carbonyl (C=O) groups excluding carboxylic acids is 2. The zero-order valence-corrected chi connectivity index (χ0v) is 14.8. The molecule has 1 fully saturated rings. The number of benzene rings is 1. The quantitative estimate of drug-likeness (QED) is 0.705. The topological polar surface area (TPSA) is 95.1 Å². The summed E-state index contributed by atoms with van der Waals surface area (Å²) in [7, 11) is 2.84. The Hall–Kier alpha value is -2.32. The minimum atomic E-state index is -0.771. The number of amides is 1. The van der Waals surface area contributed by atoms with Crippen LogP contribution in [0.2, 0.25) is 0 Å². The van der Waals surface area contributed by atoms with Crippen LogP contribution in [0.3, 0.4) is 0 Å². The first kappa shape index (κ1) is 19.0. The van der Waals surface area contributed by atoms with E-state index in [0.29, 0.717) is 11.4 Å². The Labute approximate surface area is 146 Å². The van der Waals surface area contributed by atoms with Gasteiger partial charge in [0.15, 0.2) is 5.79 Å². The van der Waals surface area contributed by atoms with Gasteiger partial charge in [0.05, 0.1) is 20.8 Å². The van der Waals surface area contributed by atoms with Crippen LogP contribution in [0.5, 0.6) is 5.75 Å². The van der Waals surface area contributed by atoms with Gasteiger partial charge < -0.3 is 29.6 Å². The number of nitrogens with one attached hydrogen (secondary N) is 2. The van der Waals surface area contributed by atoms with Crippen LogP contribution >= 0.6 is 0 Å². The van der Waals surface area contributed by atoms with Crippen molar-refractivity contribution < 1.29 is 28.5 Å². The SMILES string of the molecule is COC(=O)CNC(=O)[C@@H](Nc1ccc(OC)cc1)C1COC(C)(C)O1. The number of esters is 1. The zero-order valence-electron chi connectivity index (χ0n) is 14.8. The summed E-state index contributed by atoms with van der Waals surface area (Å²) >= 11 is 0. The number of ether oxygens (including phenoxy) is 4. The second-order valence-electron chi connectivity index (χ2n) is 6.01. The van der Waals surface area contributed by atoms with E-state index < -0.39 is 23.9 Å². The van der Waals surface area contributed by atoms with E-state index >= 15 is 0 Å². The van der Waals surface area contributed by atoms with Gasteiger partial charge in [0.1, 0.15) is 24.4 Å². The summed E-state index contributed by atoms with van der Waals surface area (Å²) in [5, 5.41) is 5.67. The van der Waals surface area contributed by atoms with Gasteiger partial charge in [0, 0.05) is 5.69 Å². The lowest BCUT2D eigenvalue weighted by atomic mass is 10.1. The third-order valence-electron chi connectivity index (χ3n) is 3.73. The monoisotopic (exact) mass is 352 g/mol. The molecule has 1 aliphatic heterocycles. The third kappa shape index (κ3) is 5.33. The molecule has 1 aromatic carbocycles. The van der Waals surface area contributed by atoms with E-state index in [1.807, 2.05) is 0 Å². The van der Waals surface area contributed by atoms with Crippen molar-refractivity contribution in [3.05, 3.63) is 24.3 Å². The van der Waals surface area contributed by atoms with Gasteiger partial charge in [-0.05, 0) is 38.1 Å².